The Bertz CT molecular complexity index is 1380. The van der Waals surface area contributed by atoms with E-state index in [-0.39, 0.29) is 17.2 Å². The largest absolute Gasteiger partial charge is 0.397 e. The van der Waals surface area contributed by atoms with Crippen LogP contribution >= 0.6 is 11.3 Å². The molecule has 0 unspecified atom stereocenters. The van der Waals surface area contributed by atoms with E-state index in [0.29, 0.717) is 16.3 Å². The number of hydrogen-bond donors (Lipinski definition) is 2. The SMILES string of the molecule is Cc1c(NC(=O)c2sc3nc4c(cc3c2N)CCCC4)c(=O)n(-c2ccccc2)n1C. The Morgan fingerprint density at radius 2 is 1.94 bits per heavy atom. The average molecular weight is 434 g/mol. The minimum Gasteiger partial charge on any atom is -0.397 e. The van der Waals surface area contributed by atoms with Crippen LogP contribution in [-0.4, -0.2) is 20.3 Å². The first kappa shape index (κ1) is 19.6. The van der Waals surface area contributed by atoms with E-state index in [2.05, 4.69) is 11.4 Å². The summed E-state index contributed by atoms with van der Waals surface area (Å²) in [6, 6.07) is 11.4. The molecule has 31 heavy (non-hydrogen) atoms. The van der Waals surface area contributed by atoms with E-state index in [4.69, 9.17) is 10.7 Å². The zero-order chi connectivity index (χ0) is 21.7. The molecule has 5 rings (SSSR count). The minimum atomic E-state index is -0.385. The van der Waals surface area contributed by atoms with Crippen molar-refractivity contribution in [2.75, 3.05) is 11.1 Å². The van der Waals surface area contributed by atoms with Crippen molar-refractivity contribution in [3.8, 4) is 5.69 Å². The molecule has 0 radical (unpaired) electrons. The quantitative estimate of drug-likeness (QED) is 0.514. The molecule has 0 saturated heterocycles. The van der Waals surface area contributed by atoms with E-state index in [1.165, 1.54) is 21.6 Å². The molecule has 0 saturated carbocycles. The summed E-state index contributed by atoms with van der Waals surface area (Å²) in [5.41, 5.74) is 10.5. The van der Waals surface area contributed by atoms with Crippen LogP contribution < -0.4 is 16.6 Å². The molecule has 7 nitrogen and oxygen atoms in total. The number of nitrogens with one attached hydrogen (secondary N) is 1. The molecule has 0 bridgehead atoms. The summed E-state index contributed by atoms with van der Waals surface area (Å²) in [7, 11) is 1.79. The van der Waals surface area contributed by atoms with Gasteiger partial charge in [0, 0.05) is 18.1 Å². The Morgan fingerprint density at radius 3 is 2.71 bits per heavy atom. The number of anilines is 2. The predicted octanol–water partition coefficient (Wildman–Crippen LogP) is 3.81. The van der Waals surface area contributed by atoms with Crippen molar-refractivity contribution in [2.45, 2.75) is 32.6 Å². The second-order valence-electron chi connectivity index (χ2n) is 7.89. The number of hydrogen-bond acceptors (Lipinski definition) is 5. The number of para-hydroxylation sites is 1. The lowest BCUT2D eigenvalue weighted by Crippen LogP contribution is -2.22. The number of fused-ring (bicyclic) bond motifs is 2. The molecule has 0 fully saturated rings. The fraction of sp³-hybridized carbons (Fsp3) is 0.261. The number of pyridine rings is 1. The molecule has 0 aliphatic heterocycles. The molecular weight excluding hydrogens is 410 g/mol. The van der Waals surface area contributed by atoms with E-state index in [9.17, 15) is 9.59 Å². The fourth-order valence-electron chi connectivity index (χ4n) is 4.21. The summed E-state index contributed by atoms with van der Waals surface area (Å²) in [6.45, 7) is 1.81. The van der Waals surface area contributed by atoms with Gasteiger partial charge in [0.1, 0.15) is 15.4 Å². The standard InChI is InChI=1S/C23H23N5O2S/c1-13-19(23(30)28(27(13)2)15-9-4-3-5-10-15)26-21(29)20-18(24)16-12-14-8-6-7-11-17(14)25-22(16)31-20/h3-5,9-10,12H,6-8,11,24H2,1-2H3,(H,26,29). The Balaban J connectivity index is 1.53. The molecule has 3 heterocycles. The minimum absolute atomic E-state index is 0.250. The molecule has 0 spiro atoms. The third-order valence-corrected chi connectivity index (χ3v) is 7.11. The Hall–Kier alpha value is -3.39. The highest BCUT2D eigenvalue weighted by Gasteiger charge is 2.23. The van der Waals surface area contributed by atoms with Crippen LogP contribution in [0.25, 0.3) is 15.9 Å². The first-order valence-electron chi connectivity index (χ1n) is 10.3. The van der Waals surface area contributed by atoms with Crippen LogP contribution in [0.15, 0.2) is 41.2 Å². The lowest BCUT2D eigenvalue weighted by Gasteiger charge is -2.14. The number of carbonyl (C=O) groups is 1. The van der Waals surface area contributed by atoms with Crippen molar-refractivity contribution in [1.82, 2.24) is 14.3 Å². The molecule has 8 heteroatoms. The van der Waals surface area contributed by atoms with Crippen molar-refractivity contribution in [2.24, 2.45) is 7.05 Å². The Morgan fingerprint density at radius 1 is 1.19 bits per heavy atom. The first-order valence-corrected chi connectivity index (χ1v) is 11.1. The van der Waals surface area contributed by atoms with Crippen molar-refractivity contribution >= 4 is 38.8 Å². The van der Waals surface area contributed by atoms with Gasteiger partial charge in [0.25, 0.3) is 11.5 Å². The van der Waals surface area contributed by atoms with Crippen LogP contribution in [-0.2, 0) is 19.9 Å². The predicted molar refractivity (Wildman–Crippen MR) is 124 cm³/mol. The third kappa shape index (κ3) is 3.14. The molecular formula is C23H23N5O2S. The molecule has 0 atom stereocenters. The summed E-state index contributed by atoms with van der Waals surface area (Å²) in [5, 5.41) is 3.63. The number of nitrogens with zero attached hydrogens (tertiary/aromatic N) is 3. The van der Waals surface area contributed by atoms with Gasteiger partial charge in [-0.05, 0) is 56.4 Å². The number of aryl methyl sites for hydroxylation is 2. The van der Waals surface area contributed by atoms with Gasteiger partial charge in [-0.3, -0.25) is 14.3 Å². The van der Waals surface area contributed by atoms with Crippen LogP contribution in [0.4, 0.5) is 11.4 Å². The number of nitrogens with two attached hydrogens (primary N) is 1. The number of aromatic nitrogens is 3. The summed E-state index contributed by atoms with van der Waals surface area (Å²) in [6.07, 6.45) is 4.25. The van der Waals surface area contributed by atoms with Crippen molar-refractivity contribution in [3.63, 3.8) is 0 Å². The normalized spacial score (nSPS) is 13.4. The van der Waals surface area contributed by atoms with Gasteiger partial charge in [-0.1, -0.05) is 18.2 Å². The highest BCUT2D eigenvalue weighted by molar-refractivity contribution is 7.21. The summed E-state index contributed by atoms with van der Waals surface area (Å²) < 4.78 is 3.27. The number of rotatable bonds is 3. The van der Waals surface area contributed by atoms with Gasteiger partial charge >= 0.3 is 0 Å². The van der Waals surface area contributed by atoms with Crippen LogP contribution in [0.1, 0.15) is 39.5 Å². The van der Waals surface area contributed by atoms with Crippen LogP contribution in [0, 0.1) is 6.92 Å². The molecule has 1 aliphatic rings. The maximum atomic E-state index is 13.1. The van der Waals surface area contributed by atoms with Gasteiger partial charge in [-0.2, -0.15) is 0 Å². The van der Waals surface area contributed by atoms with E-state index in [1.807, 2.05) is 30.3 Å². The zero-order valence-corrected chi connectivity index (χ0v) is 18.3. The number of carbonyl (C=O) groups excluding carboxylic acids is 1. The van der Waals surface area contributed by atoms with Crippen LogP contribution in [0.5, 0.6) is 0 Å². The molecule has 4 aromatic rings. The molecule has 3 aromatic heterocycles. The molecule has 1 aromatic carbocycles. The zero-order valence-electron chi connectivity index (χ0n) is 17.4. The summed E-state index contributed by atoms with van der Waals surface area (Å²) in [5.74, 6) is -0.385. The Kier molecular flexibility index (Phi) is 4.66. The molecule has 1 aliphatic carbocycles. The smallest absolute Gasteiger partial charge is 0.295 e. The van der Waals surface area contributed by atoms with Gasteiger partial charge < -0.3 is 11.1 Å². The first-order chi connectivity index (χ1) is 15.0. The number of benzene rings is 1. The van der Waals surface area contributed by atoms with Crippen molar-refractivity contribution in [1.29, 1.82) is 0 Å². The maximum absolute atomic E-state index is 13.1. The maximum Gasteiger partial charge on any atom is 0.295 e. The number of amides is 1. The number of nitrogen functional groups attached to an aromatic ring is 1. The number of thiophene rings is 1. The van der Waals surface area contributed by atoms with E-state index >= 15 is 0 Å². The second-order valence-corrected chi connectivity index (χ2v) is 8.89. The van der Waals surface area contributed by atoms with Gasteiger partial charge in [0.05, 0.1) is 17.1 Å². The van der Waals surface area contributed by atoms with Gasteiger partial charge in [0.15, 0.2) is 0 Å². The molecule has 1 amide bonds. The molecule has 158 valence electrons. The summed E-state index contributed by atoms with van der Waals surface area (Å²) >= 11 is 1.28. The second kappa shape index (κ2) is 7.39. The fourth-order valence-corrected chi connectivity index (χ4v) is 5.20. The Labute approximate surface area is 183 Å². The van der Waals surface area contributed by atoms with Crippen molar-refractivity contribution < 1.29 is 4.79 Å². The average Bonchev–Trinajstić information content (AvgIpc) is 3.21. The highest BCUT2D eigenvalue weighted by atomic mass is 32.1. The monoisotopic (exact) mass is 433 g/mol. The summed E-state index contributed by atoms with van der Waals surface area (Å²) in [4.78, 5) is 32.1. The lowest BCUT2D eigenvalue weighted by atomic mass is 9.95. The van der Waals surface area contributed by atoms with Crippen molar-refractivity contribution in [3.05, 3.63) is 68.6 Å². The molecule has 3 N–H and O–H groups in total. The van der Waals surface area contributed by atoms with Crippen LogP contribution in [0.2, 0.25) is 0 Å². The van der Waals surface area contributed by atoms with Gasteiger partial charge in [0.2, 0.25) is 0 Å². The third-order valence-electron chi connectivity index (χ3n) is 6.00. The van der Waals surface area contributed by atoms with E-state index in [0.717, 1.165) is 47.3 Å². The van der Waals surface area contributed by atoms with E-state index < -0.39 is 0 Å². The van der Waals surface area contributed by atoms with Gasteiger partial charge in [-0.15, -0.1) is 11.3 Å². The lowest BCUT2D eigenvalue weighted by molar-refractivity contribution is 0.103. The van der Waals surface area contributed by atoms with Gasteiger partial charge in [-0.25, -0.2) is 9.67 Å². The topological polar surface area (TPSA) is 94.9 Å². The highest BCUT2D eigenvalue weighted by Crippen LogP contribution is 2.35. The van der Waals surface area contributed by atoms with Crippen LogP contribution in [0.3, 0.4) is 0 Å². The van der Waals surface area contributed by atoms with E-state index in [1.54, 1.807) is 18.7 Å².